The Labute approximate surface area is 88.8 Å². The van der Waals surface area contributed by atoms with Crippen LogP contribution in [0.4, 0.5) is 0 Å². The van der Waals surface area contributed by atoms with Crippen LogP contribution < -0.4 is 0 Å². The maximum Gasteiger partial charge on any atom is 0.352 e. The summed E-state index contributed by atoms with van der Waals surface area (Å²) >= 11 is 0. The van der Waals surface area contributed by atoms with E-state index >= 15 is 0 Å². The van der Waals surface area contributed by atoms with Gasteiger partial charge in [0.2, 0.25) is 5.91 Å². The Kier molecular flexibility index (Phi) is 2.13. The van der Waals surface area contributed by atoms with Crippen LogP contribution in [-0.4, -0.2) is 39.7 Å². The van der Waals surface area contributed by atoms with Gasteiger partial charge >= 0.3 is 5.97 Å². The summed E-state index contributed by atoms with van der Waals surface area (Å²) in [4.78, 5) is 36.9. The predicted octanol–water partition coefficient (Wildman–Crippen LogP) is -0.183. The molecule has 1 fully saturated rings. The van der Waals surface area contributed by atoms with Gasteiger partial charge in [-0.15, -0.1) is 0 Å². The Hall–Kier alpha value is -2.34. The van der Waals surface area contributed by atoms with E-state index < -0.39 is 24.0 Å². The van der Waals surface area contributed by atoms with Crippen molar-refractivity contribution < 1.29 is 19.5 Å². The number of allylic oxidation sites excluding steroid dienone is 1. The minimum absolute atomic E-state index is 0.00773. The molecule has 0 unspecified atom stereocenters. The van der Waals surface area contributed by atoms with Crippen molar-refractivity contribution >= 4 is 17.7 Å². The number of carboxylic acid groups (broad SMARTS) is 1. The van der Waals surface area contributed by atoms with Gasteiger partial charge < -0.3 is 10.0 Å². The third kappa shape index (κ3) is 1.24. The van der Waals surface area contributed by atoms with E-state index in [2.05, 4.69) is 10.0 Å². The van der Waals surface area contributed by atoms with Crippen LogP contribution in [0.1, 0.15) is 6.42 Å². The summed E-state index contributed by atoms with van der Waals surface area (Å²) in [6.07, 6.45) is 0.912. The number of carboxylic acids is 1. The molecular weight excluding hydrogens is 216 g/mol. The molecule has 0 spiro atoms. The number of rotatable bonds is 2. The van der Waals surface area contributed by atoms with E-state index in [9.17, 15) is 14.4 Å². The zero-order valence-corrected chi connectivity index (χ0v) is 7.90. The van der Waals surface area contributed by atoms with E-state index in [0.29, 0.717) is 0 Å². The molecule has 82 valence electrons. The van der Waals surface area contributed by atoms with Crippen LogP contribution in [0.25, 0.3) is 10.4 Å². The molecule has 0 bridgehead atoms. The topological polar surface area (TPSA) is 123 Å². The lowest BCUT2D eigenvalue weighted by Crippen LogP contribution is -2.65. The number of β-lactam (4-membered cyclic amide) rings is 1. The van der Waals surface area contributed by atoms with E-state index in [1.165, 1.54) is 0 Å². The fraction of sp³-hybridized carbons (Fsp3) is 0.375. The average molecular weight is 222 g/mol. The number of carbonyl (C=O) groups excluding carboxylic acids is 2. The van der Waals surface area contributed by atoms with Crippen molar-refractivity contribution in [1.82, 2.24) is 4.90 Å². The number of hydrogen-bond acceptors (Lipinski definition) is 4. The first-order valence-corrected chi connectivity index (χ1v) is 4.41. The number of ketones is 1. The normalized spacial score (nSPS) is 27.5. The SMILES string of the molecule is [N-]=[N+]=N[C@@H]1C(=O)N2C(C(=O)O)=CC(=O)C[C@@H]12. The third-order valence-electron chi connectivity index (χ3n) is 2.55. The lowest BCUT2D eigenvalue weighted by Gasteiger charge is -2.46. The number of aliphatic carboxylic acids is 1. The lowest BCUT2D eigenvalue weighted by molar-refractivity contribution is -0.153. The molecule has 16 heavy (non-hydrogen) atoms. The summed E-state index contributed by atoms with van der Waals surface area (Å²) < 4.78 is 0. The Bertz CT molecular complexity index is 476. The molecule has 2 heterocycles. The lowest BCUT2D eigenvalue weighted by atomic mass is 9.87. The van der Waals surface area contributed by atoms with Gasteiger partial charge in [0.05, 0.1) is 6.04 Å². The zero-order chi connectivity index (χ0) is 11.9. The van der Waals surface area contributed by atoms with Crippen molar-refractivity contribution in [2.45, 2.75) is 18.5 Å². The average Bonchev–Trinajstić information content (AvgIpc) is 2.24. The van der Waals surface area contributed by atoms with E-state index in [4.69, 9.17) is 10.6 Å². The quantitative estimate of drug-likeness (QED) is 0.301. The highest BCUT2D eigenvalue weighted by Crippen LogP contribution is 2.33. The molecule has 0 saturated carbocycles. The van der Waals surface area contributed by atoms with E-state index in [0.717, 1.165) is 11.0 Å². The van der Waals surface area contributed by atoms with E-state index in [1.807, 2.05) is 0 Å². The highest BCUT2D eigenvalue weighted by molar-refractivity contribution is 6.07. The van der Waals surface area contributed by atoms with Crippen molar-refractivity contribution in [2.75, 3.05) is 0 Å². The molecule has 1 amide bonds. The van der Waals surface area contributed by atoms with Gasteiger partial charge in [0.1, 0.15) is 11.7 Å². The second-order valence-electron chi connectivity index (χ2n) is 3.43. The summed E-state index contributed by atoms with van der Waals surface area (Å²) in [6.45, 7) is 0. The third-order valence-corrected chi connectivity index (χ3v) is 2.55. The Balaban J connectivity index is 2.35. The van der Waals surface area contributed by atoms with Crippen molar-refractivity contribution in [1.29, 1.82) is 0 Å². The molecule has 2 atom stereocenters. The molecule has 2 aliphatic rings. The van der Waals surface area contributed by atoms with Crippen molar-refractivity contribution in [3.8, 4) is 0 Å². The van der Waals surface area contributed by atoms with Crippen LogP contribution >= 0.6 is 0 Å². The first kappa shape index (κ1) is 10.2. The van der Waals surface area contributed by atoms with Crippen LogP contribution in [-0.2, 0) is 14.4 Å². The Morgan fingerprint density at radius 2 is 2.31 bits per heavy atom. The molecule has 8 nitrogen and oxygen atoms in total. The van der Waals surface area contributed by atoms with Gasteiger partial charge in [-0.2, -0.15) is 0 Å². The van der Waals surface area contributed by atoms with Crippen molar-refractivity contribution in [2.24, 2.45) is 5.11 Å². The van der Waals surface area contributed by atoms with Crippen LogP contribution in [0, 0.1) is 0 Å². The fourth-order valence-electron chi connectivity index (χ4n) is 1.86. The number of carbonyl (C=O) groups is 3. The molecule has 0 radical (unpaired) electrons. The molecule has 0 aromatic rings. The summed E-state index contributed by atoms with van der Waals surface area (Å²) in [5, 5.41) is 12.0. The molecule has 1 N–H and O–H groups in total. The second kappa shape index (κ2) is 3.35. The minimum Gasteiger partial charge on any atom is -0.477 e. The number of hydrogen-bond donors (Lipinski definition) is 1. The van der Waals surface area contributed by atoms with Crippen LogP contribution in [0.2, 0.25) is 0 Å². The molecule has 2 rings (SSSR count). The van der Waals surface area contributed by atoms with E-state index in [-0.39, 0.29) is 17.9 Å². The summed E-state index contributed by atoms with van der Waals surface area (Å²) in [5.41, 5.74) is 7.87. The zero-order valence-electron chi connectivity index (χ0n) is 7.90. The molecular formula is C8H6N4O4. The fourth-order valence-corrected chi connectivity index (χ4v) is 1.86. The summed E-state index contributed by atoms with van der Waals surface area (Å²) in [6, 6.07) is -1.61. The van der Waals surface area contributed by atoms with Gasteiger partial charge in [0.15, 0.2) is 5.78 Å². The summed E-state index contributed by atoms with van der Waals surface area (Å²) in [7, 11) is 0. The Morgan fingerprint density at radius 1 is 1.62 bits per heavy atom. The van der Waals surface area contributed by atoms with Crippen molar-refractivity contribution in [3.05, 3.63) is 22.2 Å². The predicted molar refractivity (Wildman–Crippen MR) is 48.9 cm³/mol. The smallest absolute Gasteiger partial charge is 0.352 e. The first-order valence-electron chi connectivity index (χ1n) is 4.41. The van der Waals surface area contributed by atoms with Gasteiger partial charge in [0, 0.05) is 17.4 Å². The molecule has 1 saturated heterocycles. The molecule has 2 aliphatic heterocycles. The monoisotopic (exact) mass is 222 g/mol. The number of amides is 1. The molecule has 0 aliphatic carbocycles. The van der Waals surface area contributed by atoms with Crippen LogP contribution in [0.3, 0.4) is 0 Å². The Morgan fingerprint density at radius 3 is 2.88 bits per heavy atom. The van der Waals surface area contributed by atoms with Gasteiger partial charge in [-0.3, -0.25) is 9.59 Å². The summed E-state index contributed by atoms with van der Waals surface area (Å²) in [5.74, 6) is -2.31. The molecule has 0 aromatic heterocycles. The minimum atomic E-state index is -1.34. The maximum atomic E-state index is 11.5. The van der Waals surface area contributed by atoms with Gasteiger partial charge in [-0.05, 0) is 5.53 Å². The second-order valence-corrected chi connectivity index (χ2v) is 3.43. The number of nitrogens with zero attached hydrogens (tertiary/aromatic N) is 4. The standard InChI is InChI=1S/C8H6N4O4/c9-11-10-6-4-1-3(13)2-5(8(15)16)12(4)7(6)14/h2,4,6H,1H2,(H,15,16)/t4-,6-/m0/s1. The molecule has 0 aromatic carbocycles. The van der Waals surface area contributed by atoms with Crippen LogP contribution in [0.15, 0.2) is 16.9 Å². The van der Waals surface area contributed by atoms with Gasteiger partial charge in [-0.25, -0.2) is 4.79 Å². The largest absolute Gasteiger partial charge is 0.477 e. The molecule has 8 heteroatoms. The highest BCUT2D eigenvalue weighted by atomic mass is 16.4. The number of azide groups is 1. The van der Waals surface area contributed by atoms with Crippen molar-refractivity contribution in [3.63, 3.8) is 0 Å². The van der Waals surface area contributed by atoms with Crippen LogP contribution in [0.5, 0.6) is 0 Å². The number of fused-ring (bicyclic) bond motifs is 1. The van der Waals surface area contributed by atoms with E-state index in [1.54, 1.807) is 0 Å². The maximum absolute atomic E-state index is 11.5. The van der Waals surface area contributed by atoms with Gasteiger partial charge in [-0.1, -0.05) is 5.11 Å². The highest BCUT2D eigenvalue weighted by Gasteiger charge is 2.52. The first-order chi connectivity index (χ1) is 7.56. The van der Waals surface area contributed by atoms with Gasteiger partial charge in [0.25, 0.3) is 0 Å².